The Bertz CT molecular complexity index is 653. The maximum absolute atomic E-state index is 5.98. The van der Waals surface area contributed by atoms with Gasteiger partial charge in [-0.3, -0.25) is 9.67 Å². The van der Waals surface area contributed by atoms with Crippen LogP contribution in [0.5, 0.6) is 0 Å². The van der Waals surface area contributed by atoms with Crippen LogP contribution in [0.15, 0.2) is 11.2 Å². The summed E-state index contributed by atoms with van der Waals surface area (Å²) >= 11 is 0. The van der Waals surface area contributed by atoms with Crippen molar-refractivity contribution in [1.82, 2.24) is 20.0 Å². The van der Waals surface area contributed by atoms with Gasteiger partial charge in [0.2, 0.25) is 0 Å². The molecule has 2 atom stereocenters. The van der Waals surface area contributed by atoms with Crippen LogP contribution in [-0.4, -0.2) is 53.5 Å². The first-order valence-corrected chi connectivity index (χ1v) is 9.99. The first kappa shape index (κ1) is 22.5. The quantitative estimate of drug-likeness (QED) is 0.378. The van der Waals surface area contributed by atoms with Gasteiger partial charge in [-0.15, -0.1) is 24.0 Å². The average Bonchev–Trinajstić information content (AvgIpc) is 2.89. The van der Waals surface area contributed by atoms with Crippen LogP contribution in [-0.2, 0) is 18.3 Å². The zero-order chi connectivity index (χ0) is 18.9. The average molecular weight is 489 g/mol. The summed E-state index contributed by atoms with van der Waals surface area (Å²) in [6.07, 6.45) is 7.51. The van der Waals surface area contributed by atoms with E-state index < -0.39 is 0 Å². The summed E-state index contributed by atoms with van der Waals surface area (Å²) in [5.41, 5.74) is 2.78. The van der Waals surface area contributed by atoms with Gasteiger partial charge in [0.05, 0.1) is 11.8 Å². The monoisotopic (exact) mass is 489 g/mol. The maximum atomic E-state index is 5.98. The van der Waals surface area contributed by atoms with Crippen molar-refractivity contribution in [3.8, 4) is 0 Å². The van der Waals surface area contributed by atoms with Crippen molar-refractivity contribution in [3.63, 3.8) is 0 Å². The highest BCUT2D eigenvalue weighted by atomic mass is 127. The third kappa shape index (κ3) is 4.28. The largest absolute Gasteiger partial charge is 0.378 e. The lowest BCUT2D eigenvalue weighted by molar-refractivity contribution is -0.168. The molecule has 0 radical (unpaired) electrons. The van der Waals surface area contributed by atoms with Gasteiger partial charge >= 0.3 is 0 Å². The molecule has 0 amide bonds. The smallest absolute Gasteiger partial charge is 0.193 e. The van der Waals surface area contributed by atoms with Gasteiger partial charge in [0, 0.05) is 57.5 Å². The molecule has 2 unspecified atom stereocenters. The molecule has 27 heavy (non-hydrogen) atoms. The molecular weight excluding hydrogens is 453 g/mol. The molecule has 1 heterocycles. The van der Waals surface area contributed by atoms with Crippen LogP contribution in [0.3, 0.4) is 0 Å². The zero-order valence-electron chi connectivity index (χ0n) is 17.7. The number of nitrogens with zero attached hydrogens (tertiary/aromatic N) is 4. The lowest BCUT2D eigenvalue weighted by Crippen LogP contribution is -2.68. The fraction of sp³-hybridized carbons (Fsp3) is 0.800. The second kappa shape index (κ2) is 9.11. The summed E-state index contributed by atoms with van der Waals surface area (Å²) in [5.74, 6) is 1.39. The van der Waals surface area contributed by atoms with E-state index in [-0.39, 0.29) is 24.0 Å². The predicted octanol–water partition coefficient (Wildman–Crippen LogP) is 3.52. The number of nitrogens with one attached hydrogen (secondary N) is 1. The van der Waals surface area contributed by atoms with E-state index in [0.717, 1.165) is 25.5 Å². The van der Waals surface area contributed by atoms with Crippen molar-refractivity contribution < 1.29 is 4.74 Å². The van der Waals surface area contributed by atoms with Crippen LogP contribution in [0.25, 0.3) is 0 Å². The van der Waals surface area contributed by atoms with Gasteiger partial charge in [0.1, 0.15) is 0 Å². The standard InChI is InChI=1S/C20H35N5O.HI/c1-7-26-17-11-16(20(17)9-8-10-20)22-19(21-4)24(5)12-15-13-25(6)23-18(15)14(2)3;/h13-14,16-17H,7-12H2,1-6H3,(H,21,22);1H. The van der Waals surface area contributed by atoms with E-state index >= 15 is 0 Å². The third-order valence-corrected chi connectivity index (χ3v) is 6.21. The number of aromatic nitrogens is 2. The Morgan fingerprint density at radius 2 is 2.19 bits per heavy atom. The Morgan fingerprint density at radius 3 is 2.70 bits per heavy atom. The van der Waals surface area contributed by atoms with Crippen LogP contribution in [0, 0.1) is 5.41 Å². The van der Waals surface area contributed by atoms with E-state index in [1.807, 2.05) is 18.8 Å². The molecule has 1 spiro atoms. The van der Waals surface area contributed by atoms with Crippen LogP contribution >= 0.6 is 24.0 Å². The topological polar surface area (TPSA) is 54.7 Å². The summed E-state index contributed by atoms with van der Waals surface area (Å²) in [6.45, 7) is 8.12. The van der Waals surface area contributed by atoms with Crippen molar-refractivity contribution in [2.45, 2.75) is 71.1 Å². The van der Waals surface area contributed by atoms with Crippen LogP contribution in [0.4, 0.5) is 0 Å². The third-order valence-electron chi connectivity index (χ3n) is 6.21. The van der Waals surface area contributed by atoms with Crippen LogP contribution < -0.4 is 5.32 Å². The molecule has 1 N–H and O–H groups in total. The number of hydrogen-bond acceptors (Lipinski definition) is 3. The minimum atomic E-state index is 0. The molecular formula is C20H36IN5O. The minimum absolute atomic E-state index is 0. The number of ether oxygens (including phenoxy) is 1. The number of hydrogen-bond donors (Lipinski definition) is 1. The highest BCUT2D eigenvalue weighted by molar-refractivity contribution is 14.0. The fourth-order valence-electron chi connectivity index (χ4n) is 4.64. The van der Waals surface area contributed by atoms with Gasteiger partial charge in [-0.1, -0.05) is 20.3 Å². The molecule has 1 aromatic rings. The van der Waals surface area contributed by atoms with Crippen molar-refractivity contribution in [2.24, 2.45) is 17.5 Å². The van der Waals surface area contributed by atoms with E-state index in [1.165, 1.54) is 30.5 Å². The Morgan fingerprint density at radius 1 is 1.48 bits per heavy atom. The number of aliphatic imine (C=N–C) groups is 1. The van der Waals surface area contributed by atoms with Gasteiger partial charge in [-0.05, 0) is 32.1 Å². The second-order valence-electron chi connectivity index (χ2n) is 8.23. The van der Waals surface area contributed by atoms with Crippen molar-refractivity contribution >= 4 is 29.9 Å². The summed E-state index contributed by atoms with van der Waals surface area (Å²) in [4.78, 5) is 6.76. The molecule has 1 aromatic heterocycles. The molecule has 3 rings (SSSR count). The molecule has 0 bridgehead atoms. The Balaban J connectivity index is 0.00000261. The van der Waals surface area contributed by atoms with Crippen molar-refractivity contribution in [1.29, 1.82) is 0 Å². The zero-order valence-corrected chi connectivity index (χ0v) is 20.0. The number of guanidine groups is 1. The number of aryl methyl sites for hydroxylation is 1. The minimum Gasteiger partial charge on any atom is -0.378 e. The van der Waals surface area contributed by atoms with Crippen LogP contribution in [0.2, 0.25) is 0 Å². The van der Waals surface area contributed by atoms with E-state index in [0.29, 0.717) is 23.5 Å². The van der Waals surface area contributed by atoms with Gasteiger partial charge in [0.15, 0.2) is 5.96 Å². The van der Waals surface area contributed by atoms with E-state index in [1.54, 1.807) is 0 Å². The number of rotatable bonds is 6. The normalized spacial score (nSPS) is 23.6. The molecule has 0 aromatic carbocycles. The predicted molar refractivity (Wildman–Crippen MR) is 121 cm³/mol. The summed E-state index contributed by atoms with van der Waals surface area (Å²) < 4.78 is 7.89. The van der Waals surface area contributed by atoms with Crippen LogP contribution in [0.1, 0.15) is 63.6 Å². The molecule has 6 nitrogen and oxygen atoms in total. The number of halogens is 1. The molecule has 0 saturated heterocycles. The fourth-order valence-corrected chi connectivity index (χ4v) is 4.64. The van der Waals surface area contributed by atoms with Gasteiger partial charge < -0.3 is 15.0 Å². The lowest BCUT2D eigenvalue weighted by Gasteiger charge is -2.61. The van der Waals surface area contributed by atoms with Gasteiger partial charge in [-0.25, -0.2) is 0 Å². The summed E-state index contributed by atoms with van der Waals surface area (Å²) in [5, 5.41) is 8.35. The molecule has 154 valence electrons. The highest BCUT2D eigenvalue weighted by Gasteiger charge is 2.59. The molecule has 2 aliphatic carbocycles. The Hall–Kier alpha value is -0.830. The highest BCUT2D eigenvalue weighted by Crippen LogP contribution is 2.57. The molecule has 7 heteroatoms. The van der Waals surface area contributed by atoms with Crippen molar-refractivity contribution in [2.75, 3.05) is 20.7 Å². The first-order chi connectivity index (χ1) is 12.4. The molecule has 2 aliphatic rings. The molecule has 2 saturated carbocycles. The second-order valence-corrected chi connectivity index (χ2v) is 8.23. The van der Waals surface area contributed by atoms with E-state index in [9.17, 15) is 0 Å². The maximum Gasteiger partial charge on any atom is 0.193 e. The van der Waals surface area contributed by atoms with Crippen molar-refractivity contribution in [3.05, 3.63) is 17.5 Å². The summed E-state index contributed by atoms with van der Waals surface area (Å²) in [7, 11) is 5.97. The summed E-state index contributed by atoms with van der Waals surface area (Å²) in [6, 6.07) is 0.479. The Kier molecular flexibility index (Phi) is 7.58. The lowest BCUT2D eigenvalue weighted by atomic mass is 9.51. The first-order valence-electron chi connectivity index (χ1n) is 9.99. The van der Waals surface area contributed by atoms with Gasteiger partial charge in [-0.2, -0.15) is 5.10 Å². The Labute approximate surface area is 181 Å². The molecule has 0 aliphatic heterocycles. The van der Waals surface area contributed by atoms with Gasteiger partial charge in [0.25, 0.3) is 0 Å². The molecule has 2 fully saturated rings. The SMILES string of the molecule is CCOC1CC(NC(=NC)N(C)Cc2cn(C)nc2C(C)C)C12CCC2.I. The van der Waals surface area contributed by atoms with E-state index in [2.05, 4.69) is 54.3 Å². The van der Waals surface area contributed by atoms with E-state index in [4.69, 9.17) is 4.74 Å².